The topological polar surface area (TPSA) is 38.0 Å². The van der Waals surface area contributed by atoms with Crippen molar-refractivity contribution in [3.63, 3.8) is 0 Å². The Morgan fingerprint density at radius 1 is 0.735 bits per heavy atom. The van der Waals surface area contributed by atoms with Crippen molar-refractivity contribution in [2.75, 3.05) is 11.1 Å². The standard InChI is InChI=1S/C32H48N2/c1-2-3-4-5-7-10-25-13-17-28(18-14-25)32-23-30(34-24-26-15-19-29(33)20-16-26)21-22-31(32)27-11-8-6-9-12-27/h15-16,19-23,25,27-28,34H,2-14,17-18,24,33H2,1H3. The molecule has 2 saturated carbocycles. The molecule has 0 saturated heterocycles. The molecule has 3 N–H and O–H groups in total. The van der Waals surface area contributed by atoms with Crippen molar-refractivity contribution >= 4 is 11.4 Å². The molecule has 2 heteroatoms. The van der Waals surface area contributed by atoms with Crippen LogP contribution in [0.1, 0.15) is 132 Å². The fraction of sp³-hybridized carbons (Fsp3) is 0.625. The summed E-state index contributed by atoms with van der Waals surface area (Å²) < 4.78 is 0. The lowest BCUT2D eigenvalue weighted by Gasteiger charge is -2.33. The monoisotopic (exact) mass is 460 g/mol. The van der Waals surface area contributed by atoms with E-state index in [1.165, 1.54) is 108 Å². The molecular weight excluding hydrogens is 412 g/mol. The largest absolute Gasteiger partial charge is 0.399 e. The number of nitrogens with one attached hydrogen (secondary N) is 1. The molecule has 0 spiro atoms. The van der Waals surface area contributed by atoms with E-state index < -0.39 is 0 Å². The van der Waals surface area contributed by atoms with Crippen LogP contribution in [0.5, 0.6) is 0 Å². The molecule has 0 unspecified atom stereocenters. The van der Waals surface area contributed by atoms with Crippen molar-refractivity contribution in [3.8, 4) is 0 Å². The molecule has 2 aromatic carbocycles. The van der Waals surface area contributed by atoms with Gasteiger partial charge < -0.3 is 11.1 Å². The van der Waals surface area contributed by atoms with Gasteiger partial charge in [-0.25, -0.2) is 0 Å². The zero-order chi connectivity index (χ0) is 23.6. The maximum absolute atomic E-state index is 5.86. The van der Waals surface area contributed by atoms with Gasteiger partial charge in [-0.3, -0.25) is 0 Å². The van der Waals surface area contributed by atoms with Crippen molar-refractivity contribution in [1.29, 1.82) is 0 Å². The second-order valence-electron chi connectivity index (χ2n) is 11.2. The summed E-state index contributed by atoms with van der Waals surface area (Å²) in [6.07, 6.45) is 21.2. The van der Waals surface area contributed by atoms with Crippen molar-refractivity contribution in [3.05, 3.63) is 59.2 Å². The Morgan fingerprint density at radius 3 is 2.18 bits per heavy atom. The van der Waals surface area contributed by atoms with Crippen LogP contribution >= 0.6 is 0 Å². The van der Waals surface area contributed by atoms with Crippen LogP contribution in [0.15, 0.2) is 42.5 Å². The van der Waals surface area contributed by atoms with Gasteiger partial charge in [-0.15, -0.1) is 0 Å². The predicted octanol–water partition coefficient (Wildman–Crippen LogP) is 9.56. The molecule has 0 atom stereocenters. The average Bonchev–Trinajstić information content (AvgIpc) is 2.89. The number of rotatable bonds is 11. The lowest BCUT2D eigenvalue weighted by molar-refractivity contribution is 0.300. The minimum absolute atomic E-state index is 0.756. The van der Waals surface area contributed by atoms with Crippen molar-refractivity contribution in [1.82, 2.24) is 0 Å². The molecule has 2 aromatic rings. The van der Waals surface area contributed by atoms with Gasteiger partial charge in [0, 0.05) is 17.9 Å². The Labute approximate surface area is 209 Å². The van der Waals surface area contributed by atoms with Crippen LogP contribution in [0.3, 0.4) is 0 Å². The van der Waals surface area contributed by atoms with E-state index in [2.05, 4.69) is 42.6 Å². The molecule has 0 bridgehead atoms. The molecule has 0 amide bonds. The van der Waals surface area contributed by atoms with E-state index in [1.807, 2.05) is 12.1 Å². The van der Waals surface area contributed by atoms with E-state index in [4.69, 9.17) is 5.73 Å². The minimum atomic E-state index is 0.756. The number of nitrogens with two attached hydrogens (primary N) is 1. The van der Waals surface area contributed by atoms with E-state index >= 15 is 0 Å². The number of hydrogen-bond donors (Lipinski definition) is 2. The number of unbranched alkanes of at least 4 members (excludes halogenated alkanes) is 4. The first kappa shape index (κ1) is 25.1. The van der Waals surface area contributed by atoms with Crippen LogP contribution < -0.4 is 11.1 Å². The van der Waals surface area contributed by atoms with Crippen LogP contribution in [-0.2, 0) is 6.54 Å². The Morgan fingerprint density at radius 2 is 1.44 bits per heavy atom. The average molecular weight is 461 g/mol. The second kappa shape index (κ2) is 13.2. The van der Waals surface area contributed by atoms with Gasteiger partial charge in [-0.2, -0.15) is 0 Å². The molecule has 0 heterocycles. The Kier molecular flexibility index (Phi) is 9.77. The zero-order valence-electron chi connectivity index (χ0n) is 21.7. The molecule has 0 radical (unpaired) electrons. The third-order valence-electron chi connectivity index (χ3n) is 8.61. The van der Waals surface area contributed by atoms with Gasteiger partial charge in [-0.1, -0.05) is 82.9 Å². The summed E-state index contributed by atoms with van der Waals surface area (Å²) in [7, 11) is 0. The summed E-state index contributed by atoms with van der Waals surface area (Å²) in [4.78, 5) is 0. The third-order valence-corrected chi connectivity index (χ3v) is 8.61. The van der Waals surface area contributed by atoms with Crippen molar-refractivity contribution < 1.29 is 0 Å². The quantitative estimate of drug-likeness (QED) is 0.259. The molecular formula is C32H48N2. The lowest BCUT2D eigenvalue weighted by Crippen LogP contribution is -2.17. The van der Waals surface area contributed by atoms with Crippen LogP contribution in [0.4, 0.5) is 11.4 Å². The summed E-state index contributed by atoms with van der Waals surface area (Å²) in [5.74, 6) is 2.51. The summed E-state index contributed by atoms with van der Waals surface area (Å²) in [6, 6.07) is 15.6. The minimum Gasteiger partial charge on any atom is -0.399 e. The maximum Gasteiger partial charge on any atom is 0.0400 e. The summed E-state index contributed by atoms with van der Waals surface area (Å²) in [5.41, 5.74) is 12.6. The highest BCUT2D eigenvalue weighted by Crippen LogP contribution is 2.44. The summed E-state index contributed by atoms with van der Waals surface area (Å²) in [5, 5.41) is 3.70. The van der Waals surface area contributed by atoms with Gasteiger partial charge in [-0.05, 0) is 97.2 Å². The molecule has 186 valence electrons. The fourth-order valence-electron chi connectivity index (χ4n) is 6.46. The van der Waals surface area contributed by atoms with E-state index in [0.29, 0.717) is 0 Å². The highest BCUT2D eigenvalue weighted by molar-refractivity contribution is 5.52. The molecule has 2 aliphatic rings. The Balaban J connectivity index is 1.40. The van der Waals surface area contributed by atoms with E-state index in [0.717, 1.165) is 30.0 Å². The molecule has 34 heavy (non-hydrogen) atoms. The number of benzene rings is 2. The predicted molar refractivity (Wildman–Crippen MR) is 149 cm³/mol. The molecule has 2 aliphatic carbocycles. The Bertz CT molecular complexity index is 842. The summed E-state index contributed by atoms with van der Waals surface area (Å²) in [6.45, 7) is 3.17. The van der Waals surface area contributed by atoms with E-state index in [9.17, 15) is 0 Å². The van der Waals surface area contributed by atoms with Gasteiger partial charge in [0.2, 0.25) is 0 Å². The van der Waals surface area contributed by atoms with E-state index in [-0.39, 0.29) is 0 Å². The van der Waals surface area contributed by atoms with E-state index in [1.54, 1.807) is 11.1 Å². The lowest BCUT2D eigenvalue weighted by atomic mass is 9.73. The highest BCUT2D eigenvalue weighted by Gasteiger charge is 2.27. The van der Waals surface area contributed by atoms with Gasteiger partial charge in [0.1, 0.15) is 0 Å². The van der Waals surface area contributed by atoms with Gasteiger partial charge in [0.25, 0.3) is 0 Å². The Hall–Kier alpha value is -1.96. The first-order valence-electron chi connectivity index (χ1n) is 14.4. The smallest absolute Gasteiger partial charge is 0.0400 e. The SMILES string of the molecule is CCCCCCCC1CCC(c2cc(NCc3ccc(N)cc3)ccc2C2CCCCC2)CC1. The van der Waals surface area contributed by atoms with Crippen LogP contribution in [0.25, 0.3) is 0 Å². The van der Waals surface area contributed by atoms with Crippen LogP contribution in [-0.4, -0.2) is 0 Å². The second-order valence-corrected chi connectivity index (χ2v) is 11.2. The van der Waals surface area contributed by atoms with Crippen LogP contribution in [0, 0.1) is 5.92 Å². The van der Waals surface area contributed by atoms with Crippen molar-refractivity contribution in [2.24, 2.45) is 5.92 Å². The first-order chi connectivity index (χ1) is 16.7. The molecule has 0 aromatic heterocycles. The van der Waals surface area contributed by atoms with Gasteiger partial charge in [0.15, 0.2) is 0 Å². The molecule has 0 aliphatic heterocycles. The molecule has 2 fully saturated rings. The summed E-state index contributed by atoms with van der Waals surface area (Å²) >= 11 is 0. The number of hydrogen-bond acceptors (Lipinski definition) is 2. The highest BCUT2D eigenvalue weighted by atomic mass is 14.9. The first-order valence-corrected chi connectivity index (χ1v) is 14.4. The third kappa shape index (κ3) is 7.27. The maximum atomic E-state index is 5.86. The fourth-order valence-corrected chi connectivity index (χ4v) is 6.46. The van der Waals surface area contributed by atoms with Gasteiger partial charge in [0.05, 0.1) is 0 Å². The molecule has 4 rings (SSSR count). The normalized spacial score (nSPS) is 21.4. The number of anilines is 2. The van der Waals surface area contributed by atoms with Gasteiger partial charge >= 0.3 is 0 Å². The number of nitrogen functional groups attached to an aromatic ring is 1. The van der Waals surface area contributed by atoms with Crippen LogP contribution in [0.2, 0.25) is 0 Å². The zero-order valence-corrected chi connectivity index (χ0v) is 21.7. The van der Waals surface area contributed by atoms with Crippen molar-refractivity contribution in [2.45, 2.75) is 122 Å². The molecule has 2 nitrogen and oxygen atoms in total.